The minimum Gasteiger partial charge on any atom is -0.353 e. The Morgan fingerprint density at radius 1 is 0.971 bits per heavy atom. The van der Waals surface area contributed by atoms with E-state index in [2.05, 4.69) is 15.6 Å². The van der Waals surface area contributed by atoms with Gasteiger partial charge < -0.3 is 9.84 Å². The topological polar surface area (TPSA) is 90.0 Å². The van der Waals surface area contributed by atoms with Crippen molar-refractivity contribution in [2.45, 2.75) is 13.5 Å². The second-order valence-electron chi connectivity index (χ2n) is 7.80. The van der Waals surface area contributed by atoms with Crippen molar-refractivity contribution in [3.63, 3.8) is 0 Å². The summed E-state index contributed by atoms with van der Waals surface area (Å²) in [6.45, 7) is 1.68. The number of amides is 1. The molecule has 0 aliphatic heterocycles. The van der Waals surface area contributed by atoms with Crippen molar-refractivity contribution in [2.75, 3.05) is 5.32 Å². The highest BCUT2D eigenvalue weighted by Crippen LogP contribution is 2.32. The molecule has 0 aliphatic carbocycles. The number of fused-ring (bicyclic) bond motifs is 1. The maximum atomic E-state index is 13.6. The van der Waals surface area contributed by atoms with Crippen LogP contribution in [-0.2, 0) is 11.3 Å². The molecule has 0 aliphatic rings. The van der Waals surface area contributed by atoms with Gasteiger partial charge in [0.05, 0.1) is 6.54 Å². The second kappa shape index (κ2) is 8.96. The van der Waals surface area contributed by atoms with Crippen LogP contribution in [0.2, 0.25) is 5.02 Å². The lowest BCUT2D eigenvalue weighted by atomic mass is 10.1. The number of hydrogen-bond acceptors (Lipinski definition) is 5. The standard InChI is InChI=1S/C26H19ClN4O3/c1-16(32)28-21-9-5-8-19(14-21)24-25-22(23(30-34-25)18-6-3-2-4-7-18)26(33)31(29-24)15-17-10-12-20(27)13-11-17/h2-14H,15H2,1H3,(H,28,32). The number of nitrogens with zero attached hydrogens (tertiary/aromatic N) is 3. The molecule has 0 saturated heterocycles. The first-order valence-corrected chi connectivity index (χ1v) is 11.0. The zero-order chi connectivity index (χ0) is 23.7. The third-order valence-corrected chi connectivity index (χ3v) is 5.58. The van der Waals surface area contributed by atoms with Crippen LogP contribution in [-0.4, -0.2) is 20.8 Å². The monoisotopic (exact) mass is 470 g/mol. The molecule has 8 heteroatoms. The maximum absolute atomic E-state index is 13.6. The van der Waals surface area contributed by atoms with Gasteiger partial charge in [-0.15, -0.1) is 0 Å². The first-order valence-electron chi connectivity index (χ1n) is 10.6. The fourth-order valence-electron chi connectivity index (χ4n) is 3.79. The van der Waals surface area contributed by atoms with Gasteiger partial charge in [0, 0.05) is 28.8 Å². The minimum absolute atomic E-state index is 0.186. The molecule has 0 unspecified atom stereocenters. The Morgan fingerprint density at radius 3 is 2.44 bits per heavy atom. The van der Waals surface area contributed by atoms with Gasteiger partial charge in [0.2, 0.25) is 11.5 Å². The number of nitrogens with one attached hydrogen (secondary N) is 1. The molecule has 34 heavy (non-hydrogen) atoms. The average Bonchev–Trinajstić information content (AvgIpc) is 3.28. The summed E-state index contributed by atoms with van der Waals surface area (Å²) in [6.07, 6.45) is 0. The first-order chi connectivity index (χ1) is 16.5. The molecule has 0 radical (unpaired) electrons. The average molecular weight is 471 g/mol. The van der Waals surface area contributed by atoms with Crippen LogP contribution in [0.1, 0.15) is 12.5 Å². The predicted octanol–water partition coefficient (Wildman–Crippen LogP) is 5.38. The van der Waals surface area contributed by atoms with E-state index in [9.17, 15) is 9.59 Å². The number of carbonyl (C=O) groups excluding carboxylic acids is 1. The normalized spacial score (nSPS) is 11.0. The second-order valence-corrected chi connectivity index (χ2v) is 8.24. The Bertz CT molecular complexity index is 1560. The molecule has 168 valence electrons. The van der Waals surface area contributed by atoms with Gasteiger partial charge in [-0.25, -0.2) is 4.68 Å². The summed E-state index contributed by atoms with van der Waals surface area (Å²) in [5.74, 6) is -0.186. The number of anilines is 1. The van der Waals surface area contributed by atoms with Gasteiger partial charge in [0.1, 0.15) is 16.8 Å². The van der Waals surface area contributed by atoms with Crippen molar-refractivity contribution in [3.05, 3.63) is 99.8 Å². The Labute approximate surface area is 199 Å². The number of halogens is 1. The highest BCUT2D eigenvalue weighted by Gasteiger charge is 2.22. The number of carbonyl (C=O) groups is 1. The lowest BCUT2D eigenvalue weighted by molar-refractivity contribution is -0.114. The Hall–Kier alpha value is -4.23. The Kier molecular flexibility index (Phi) is 5.69. The molecule has 5 rings (SSSR count). The molecule has 0 saturated carbocycles. The third-order valence-electron chi connectivity index (χ3n) is 5.33. The molecule has 5 aromatic rings. The lowest BCUT2D eigenvalue weighted by Gasteiger charge is -2.10. The van der Waals surface area contributed by atoms with Crippen LogP contribution in [0.5, 0.6) is 0 Å². The van der Waals surface area contributed by atoms with Crippen LogP contribution in [0.15, 0.2) is 88.2 Å². The van der Waals surface area contributed by atoms with E-state index >= 15 is 0 Å². The molecule has 0 spiro atoms. The summed E-state index contributed by atoms with van der Waals surface area (Å²) >= 11 is 6.02. The van der Waals surface area contributed by atoms with E-state index in [-0.39, 0.29) is 23.6 Å². The van der Waals surface area contributed by atoms with Crippen molar-refractivity contribution in [1.82, 2.24) is 14.9 Å². The molecule has 1 N–H and O–H groups in total. The van der Waals surface area contributed by atoms with E-state index in [0.717, 1.165) is 11.1 Å². The quantitative estimate of drug-likeness (QED) is 0.372. The number of rotatable bonds is 5. The van der Waals surface area contributed by atoms with E-state index in [1.54, 1.807) is 30.3 Å². The first kappa shape index (κ1) is 21.6. The van der Waals surface area contributed by atoms with Crippen LogP contribution >= 0.6 is 11.6 Å². The predicted molar refractivity (Wildman–Crippen MR) is 132 cm³/mol. The lowest BCUT2D eigenvalue weighted by Crippen LogP contribution is -2.24. The van der Waals surface area contributed by atoms with E-state index in [1.807, 2.05) is 48.5 Å². The molecule has 1 amide bonds. The van der Waals surface area contributed by atoms with Gasteiger partial charge in [-0.3, -0.25) is 9.59 Å². The molecule has 2 aromatic heterocycles. The summed E-state index contributed by atoms with van der Waals surface area (Å²) in [6, 6.07) is 23.8. The minimum atomic E-state index is -0.313. The summed E-state index contributed by atoms with van der Waals surface area (Å²) in [7, 11) is 0. The largest absolute Gasteiger partial charge is 0.353 e. The Balaban J connectivity index is 1.74. The number of aromatic nitrogens is 3. The zero-order valence-corrected chi connectivity index (χ0v) is 18.9. The fraction of sp³-hybridized carbons (Fsp3) is 0.0769. The Morgan fingerprint density at radius 2 is 1.71 bits per heavy atom. The van der Waals surface area contributed by atoms with E-state index in [1.165, 1.54) is 11.6 Å². The summed E-state index contributed by atoms with van der Waals surface area (Å²) < 4.78 is 7.08. The van der Waals surface area contributed by atoms with Crippen molar-refractivity contribution in [3.8, 4) is 22.5 Å². The summed E-state index contributed by atoms with van der Waals surface area (Å²) in [5.41, 5.74) is 3.80. The molecule has 0 atom stereocenters. The van der Waals surface area contributed by atoms with Crippen molar-refractivity contribution < 1.29 is 9.32 Å². The maximum Gasteiger partial charge on any atom is 0.280 e. The number of hydrogen-bond donors (Lipinski definition) is 1. The summed E-state index contributed by atoms with van der Waals surface area (Å²) in [5, 5.41) is 12.6. The molecular weight excluding hydrogens is 452 g/mol. The van der Waals surface area contributed by atoms with Crippen LogP contribution in [0.3, 0.4) is 0 Å². The van der Waals surface area contributed by atoms with E-state index in [4.69, 9.17) is 16.1 Å². The van der Waals surface area contributed by atoms with Crippen molar-refractivity contribution in [1.29, 1.82) is 0 Å². The van der Waals surface area contributed by atoms with Gasteiger partial charge in [0.15, 0.2) is 0 Å². The molecular formula is C26H19ClN4O3. The van der Waals surface area contributed by atoms with Gasteiger partial charge in [-0.05, 0) is 29.8 Å². The van der Waals surface area contributed by atoms with Gasteiger partial charge in [-0.1, -0.05) is 71.4 Å². The molecule has 7 nitrogen and oxygen atoms in total. The van der Waals surface area contributed by atoms with Gasteiger partial charge in [0.25, 0.3) is 5.56 Å². The molecule has 0 fully saturated rings. The van der Waals surface area contributed by atoms with E-state index in [0.29, 0.717) is 33.0 Å². The van der Waals surface area contributed by atoms with Gasteiger partial charge in [-0.2, -0.15) is 5.10 Å². The van der Waals surface area contributed by atoms with Crippen LogP contribution < -0.4 is 10.9 Å². The number of benzene rings is 3. The summed E-state index contributed by atoms with van der Waals surface area (Å²) in [4.78, 5) is 25.1. The van der Waals surface area contributed by atoms with Crippen molar-refractivity contribution in [2.24, 2.45) is 0 Å². The zero-order valence-electron chi connectivity index (χ0n) is 18.2. The van der Waals surface area contributed by atoms with Crippen LogP contribution in [0, 0.1) is 0 Å². The van der Waals surface area contributed by atoms with E-state index < -0.39 is 0 Å². The van der Waals surface area contributed by atoms with Gasteiger partial charge >= 0.3 is 0 Å². The highest BCUT2D eigenvalue weighted by molar-refractivity contribution is 6.30. The molecule has 2 heterocycles. The SMILES string of the molecule is CC(=O)Nc1cccc(-c2nn(Cc3ccc(Cl)cc3)c(=O)c3c(-c4ccccc4)noc23)c1. The molecule has 0 bridgehead atoms. The van der Waals surface area contributed by atoms with Crippen LogP contribution in [0.25, 0.3) is 33.5 Å². The van der Waals surface area contributed by atoms with Crippen molar-refractivity contribution >= 4 is 34.2 Å². The highest BCUT2D eigenvalue weighted by atomic mass is 35.5. The van der Waals surface area contributed by atoms with Crippen LogP contribution in [0.4, 0.5) is 5.69 Å². The fourth-order valence-corrected chi connectivity index (χ4v) is 3.92. The smallest absolute Gasteiger partial charge is 0.280 e. The third kappa shape index (κ3) is 4.21. The molecule has 3 aromatic carbocycles.